The molecule has 2 aliphatic carbocycles. The number of benzene rings is 2. The number of fused-ring (bicyclic) bond motifs is 2. The number of aliphatic carboxylic acids is 1. The lowest BCUT2D eigenvalue weighted by molar-refractivity contribution is -0.139. The summed E-state index contributed by atoms with van der Waals surface area (Å²) in [5.74, 6) is -0.889. The number of halogens is 1. The van der Waals surface area contributed by atoms with Crippen molar-refractivity contribution in [3.05, 3.63) is 64.7 Å². The molecule has 2 saturated carbocycles. The smallest absolute Gasteiger partial charge is 0.414 e. The van der Waals surface area contributed by atoms with Crippen molar-refractivity contribution in [1.82, 2.24) is 5.32 Å². The van der Waals surface area contributed by atoms with Crippen molar-refractivity contribution in [1.29, 1.82) is 0 Å². The first kappa shape index (κ1) is 23.8. The predicted octanol–water partition coefficient (Wildman–Crippen LogP) is 5.26. The van der Waals surface area contributed by atoms with Crippen LogP contribution in [-0.4, -0.2) is 34.5 Å². The Morgan fingerprint density at radius 1 is 1.09 bits per heavy atom. The van der Waals surface area contributed by atoms with E-state index in [1.807, 2.05) is 42.5 Å². The highest BCUT2D eigenvalue weighted by Crippen LogP contribution is 2.51. The molecular formula is C27H29ClN2O5. The van der Waals surface area contributed by atoms with Crippen LogP contribution in [0.5, 0.6) is 0 Å². The van der Waals surface area contributed by atoms with Gasteiger partial charge in [0.05, 0.1) is 17.6 Å². The van der Waals surface area contributed by atoms with E-state index in [9.17, 15) is 14.4 Å². The molecule has 0 aromatic heterocycles. The molecule has 0 saturated heterocycles. The molecule has 3 unspecified atom stereocenters. The lowest BCUT2D eigenvalue weighted by atomic mass is 9.82. The topological polar surface area (TPSA) is 95.9 Å². The Hall–Kier alpha value is -2.90. The summed E-state index contributed by atoms with van der Waals surface area (Å²) >= 11 is 6.37. The molecule has 5 rings (SSSR count). The SMILES string of the molecule is O=C(O)CCC(=O)C1(NC2c3ccc(Cl)cc3N(C(=O)OCc3ccccc3)C3CCCC23)CC1. The standard InChI is InChI=1S/C27H29ClN2O5/c28-18-9-10-20-22(15-18)30(26(34)35-16-17-5-2-1-3-6-17)21-8-4-7-19(21)25(20)29-27(13-14-27)23(31)11-12-24(32)33/h1-3,5-6,9-10,15,19,21,25,29H,4,7-8,11-14,16H2,(H,32,33). The van der Waals surface area contributed by atoms with E-state index in [-0.39, 0.29) is 43.2 Å². The van der Waals surface area contributed by atoms with Crippen molar-refractivity contribution < 1.29 is 24.2 Å². The van der Waals surface area contributed by atoms with Crippen LogP contribution in [0.4, 0.5) is 10.5 Å². The van der Waals surface area contributed by atoms with Crippen molar-refractivity contribution in [2.45, 2.75) is 69.2 Å². The first-order valence-corrected chi connectivity index (χ1v) is 12.6. The van der Waals surface area contributed by atoms with Crippen LogP contribution in [0, 0.1) is 5.92 Å². The number of hydrogen-bond donors (Lipinski definition) is 2. The van der Waals surface area contributed by atoms with E-state index >= 15 is 0 Å². The number of Topliss-reactive ketones (excluding diaryl/α,β-unsaturated/α-hetero) is 1. The number of hydrogen-bond acceptors (Lipinski definition) is 5. The summed E-state index contributed by atoms with van der Waals surface area (Å²) in [4.78, 5) is 39.1. The minimum Gasteiger partial charge on any atom is -0.481 e. The van der Waals surface area contributed by atoms with Gasteiger partial charge in [0.15, 0.2) is 5.78 Å². The van der Waals surface area contributed by atoms with Gasteiger partial charge in [-0.3, -0.25) is 19.8 Å². The lowest BCUT2D eigenvalue weighted by Gasteiger charge is -2.44. The van der Waals surface area contributed by atoms with E-state index in [2.05, 4.69) is 5.32 Å². The molecule has 1 aliphatic heterocycles. The third-order valence-corrected chi connectivity index (χ3v) is 7.80. The molecule has 3 aliphatic rings. The first-order chi connectivity index (χ1) is 16.9. The van der Waals surface area contributed by atoms with Crippen LogP contribution in [0.3, 0.4) is 0 Å². The highest BCUT2D eigenvalue weighted by Gasteiger charge is 2.54. The first-order valence-electron chi connectivity index (χ1n) is 12.2. The molecule has 184 valence electrons. The van der Waals surface area contributed by atoms with Gasteiger partial charge < -0.3 is 9.84 Å². The fourth-order valence-corrected chi connectivity index (χ4v) is 5.84. The minimum absolute atomic E-state index is 0.0224. The molecule has 2 fully saturated rings. The second-order valence-corrected chi connectivity index (χ2v) is 10.2. The summed E-state index contributed by atoms with van der Waals surface area (Å²) in [6.07, 6.45) is 3.60. The van der Waals surface area contributed by atoms with Crippen LogP contribution in [0.15, 0.2) is 48.5 Å². The number of ketones is 1. The van der Waals surface area contributed by atoms with Crippen molar-refractivity contribution in [3.8, 4) is 0 Å². The maximum atomic E-state index is 13.4. The monoisotopic (exact) mass is 496 g/mol. The molecule has 0 radical (unpaired) electrons. The number of nitrogens with one attached hydrogen (secondary N) is 1. The van der Waals surface area contributed by atoms with Crippen LogP contribution < -0.4 is 10.2 Å². The van der Waals surface area contributed by atoms with E-state index in [0.717, 1.165) is 30.4 Å². The van der Waals surface area contributed by atoms with E-state index in [4.69, 9.17) is 21.4 Å². The zero-order valence-electron chi connectivity index (χ0n) is 19.4. The average molecular weight is 497 g/mol. The van der Waals surface area contributed by atoms with Gasteiger partial charge in [-0.25, -0.2) is 4.79 Å². The summed E-state index contributed by atoms with van der Waals surface area (Å²) in [6.45, 7) is 0.187. The van der Waals surface area contributed by atoms with E-state index in [1.54, 1.807) is 11.0 Å². The Morgan fingerprint density at radius 3 is 2.57 bits per heavy atom. The third-order valence-electron chi connectivity index (χ3n) is 7.56. The Balaban J connectivity index is 1.42. The van der Waals surface area contributed by atoms with Crippen LogP contribution >= 0.6 is 11.6 Å². The van der Waals surface area contributed by atoms with Crippen LogP contribution in [0.2, 0.25) is 5.02 Å². The molecule has 0 spiro atoms. The fraction of sp³-hybridized carbons (Fsp3) is 0.444. The molecule has 35 heavy (non-hydrogen) atoms. The van der Waals surface area contributed by atoms with Gasteiger partial charge in [-0.2, -0.15) is 0 Å². The second kappa shape index (κ2) is 9.63. The minimum atomic E-state index is -0.965. The molecule has 2 aromatic carbocycles. The van der Waals surface area contributed by atoms with E-state index in [1.165, 1.54) is 0 Å². The third kappa shape index (κ3) is 4.80. The van der Waals surface area contributed by atoms with Crippen molar-refractivity contribution in [3.63, 3.8) is 0 Å². The summed E-state index contributed by atoms with van der Waals surface area (Å²) < 4.78 is 5.73. The van der Waals surface area contributed by atoms with Crippen LogP contribution in [0.1, 0.15) is 62.1 Å². The summed E-state index contributed by atoms with van der Waals surface area (Å²) in [6, 6.07) is 14.9. The van der Waals surface area contributed by atoms with Crippen LogP contribution in [0.25, 0.3) is 0 Å². The number of anilines is 1. The number of amides is 1. The Bertz CT molecular complexity index is 1130. The van der Waals surface area contributed by atoms with E-state index in [0.29, 0.717) is 23.6 Å². The van der Waals surface area contributed by atoms with E-state index < -0.39 is 17.6 Å². The maximum absolute atomic E-state index is 13.4. The van der Waals surface area contributed by atoms with Gasteiger partial charge in [-0.05, 0) is 54.9 Å². The van der Waals surface area contributed by atoms with Gasteiger partial charge in [-0.1, -0.05) is 54.4 Å². The zero-order chi connectivity index (χ0) is 24.6. The largest absolute Gasteiger partial charge is 0.481 e. The Kier molecular flexibility index (Phi) is 6.55. The van der Waals surface area contributed by atoms with Gasteiger partial charge in [0.25, 0.3) is 0 Å². The normalized spacial score (nSPS) is 23.8. The number of rotatable bonds is 8. The summed E-state index contributed by atoms with van der Waals surface area (Å²) in [5, 5.41) is 13.2. The van der Waals surface area contributed by atoms with Gasteiger partial charge in [0.2, 0.25) is 0 Å². The Labute approximate surface area is 209 Å². The van der Waals surface area contributed by atoms with Gasteiger partial charge >= 0.3 is 12.1 Å². The number of carboxylic acids is 1. The molecule has 0 bridgehead atoms. The second-order valence-electron chi connectivity index (χ2n) is 9.80. The average Bonchev–Trinajstić information content (AvgIpc) is 3.48. The summed E-state index contributed by atoms with van der Waals surface area (Å²) in [5.41, 5.74) is 1.87. The molecule has 1 amide bonds. The predicted molar refractivity (Wildman–Crippen MR) is 131 cm³/mol. The number of carbonyl (C=O) groups is 3. The fourth-order valence-electron chi connectivity index (χ4n) is 5.67. The number of ether oxygens (including phenoxy) is 1. The highest BCUT2D eigenvalue weighted by atomic mass is 35.5. The quantitative estimate of drug-likeness (QED) is 0.517. The van der Waals surface area contributed by atoms with Crippen molar-refractivity contribution in [2.24, 2.45) is 5.92 Å². The lowest BCUT2D eigenvalue weighted by Crippen LogP contribution is -2.53. The molecule has 7 nitrogen and oxygen atoms in total. The zero-order valence-corrected chi connectivity index (χ0v) is 20.2. The van der Waals surface area contributed by atoms with Crippen LogP contribution in [-0.2, 0) is 20.9 Å². The molecule has 3 atom stereocenters. The van der Waals surface area contributed by atoms with Crippen molar-refractivity contribution in [2.75, 3.05) is 4.90 Å². The molecule has 2 N–H and O–H groups in total. The Morgan fingerprint density at radius 2 is 1.86 bits per heavy atom. The maximum Gasteiger partial charge on any atom is 0.414 e. The molecular weight excluding hydrogens is 468 g/mol. The summed E-state index contributed by atoms with van der Waals surface area (Å²) in [7, 11) is 0. The number of carbonyl (C=O) groups excluding carboxylic acids is 2. The van der Waals surface area contributed by atoms with Gasteiger partial charge in [0.1, 0.15) is 6.61 Å². The number of carboxylic acid groups (broad SMARTS) is 1. The highest BCUT2D eigenvalue weighted by molar-refractivity contribution is 6.31. The molecule has 1 heterocycles. The van der Waals surface area contributed by atoms with Gasteiger partial charge in [0, 0.05) is 23.5 Å². The van der Waals surface area contributed by atoms with Crippen molar-refractivity contribution >= 4 is 35.1 Å². The molecule has 2 aromatic rings. The van der Waals surface area contributed by atoms with Gasteiger partial charge in [-0.15, -0.1) is 0 Å². The molecule has 8 heteroatoms. The number of nitrogens with zero attached hydrogens (tertiary/aromatic N) is 1.